The highest BCUT2D eigenvalue weighted by atomic mass is 35.5. The van der Waals surface area contributed by atoms with E-state index >= 15 is 0 Å². The third-order valence-corrected chi connectivity index (χ3v) is 5.43. The van der Waals surface area contributed by atoms with Crippen molar-refractivity contribution in [1.82, 2.24) is 14.8 Å². The average molecular weight is 405 g/mol. The van der Waals surface area contributed by atoms with E-state index in [9.17, 15) is 9.18 Å². The SMILES string of the molecule is Cc1ccc(Cl)cc1NC(=O)C(C)Sc1nnc(-c2ccccc2F)n1C. The van der Waals surface area contributed by atoms with Gasteiger partial charge in [-0.05, 0) is 43.7 Å². The molecule has 1 unspecified atom stereocenters. The second kappa shape index (κ2) is 8.10. The van der Waals surface area contributed by atoms with Crippen LogP contribution >= 0.6 is 23.4 Å². The van der Waals surface area contributed by atoms with Crippen LogP contribution in [0.5, 0.6) is 0 Å². The van der Waals surface area contributed by atoms with E-state index in [0.717, 1.165) is 5.56 Å². The van der Waals surface area contributed by atoms with E-state index in [1.54, 1.807) is 48.9 Å². The van der Waals surface area contributed by atoms with Crippen LogP contribution in [0.3, 0.4) is 0 Å². The summed E-state index contributed by atoms with van der Waals surface area (Å²) in [5.41, 5.74) is 1.96. The molecule has 5 nitrogen and oxygen atoms in total. The number of carbonyl (C=O) groups is 1. The first-order valence-corrected chi connectivity index (χ1v) is 9.50. The molecule has 1 amide bonds. The number of aromatic nitrogens is 3. The average Bonchev–Trinajstić information content (AvgIpc) is 2.99. The number of amides is 1. The predicted molar refractivity (Wildman–Crippen MR) is 107 cm³/mol. The molecule has 0 aliphatic rings. The van der Waals surface area contributed by atoms with Crippen LogP contribution in [-0.2, 0) is 11.8 Å². The van der Waals surface area contributed by atoms with Crippen molar-refractivity contribution in [2.75, 3.05) is 5.32 Å². The Morgan fingerprint density at radius 2 is 2.00 bits per heavy atom. The maximum absolute atomic E-state index is 14.0. The van der Waals surface area contributed by atoms with Crippen LogP contribution in [0.2, 0.25) is 5.02 Å². The molecule has 0 saturated carbocycles. The minimum atomic E-state index is -0.431. The Hall–Kier alpha value is -2.38. The van der Waals surface area contributed by atoms with Crippen LogP contribution in [0, 0.1) is 12.7 Å². The van der Waals surface area contributed by atoms with E-state index in [1.165, 1.54) is 17.8 Å². The Kier molecular flexibility index (Phi) is 5.82. The topological polar surface area (TPSA) is 59.8 Å². The van der Waals surface area contributed by atoms with Gasteiger partial charge in [0, 0.05) is 17.8 Å². The molecule has 0 saturated heterocycles. The van der Waals surface area contributed by atoms with Crippen molar-refractivity contribution >= 4 is 35.0 Å². The molecule has 27 heavy (non-hydrogen) atoms. The maximum atomic E-state index is 14.0. The molecule has 1 heterocycles. The van der Waals surface area contributed by atoms with Crippen LogP contribution in [0.25, 0.3) is 11.4 Å². The highest BCUT2D eigenvalue weighted by Crippen LogP contribution is 2.28. The van der Waals surface area contributed by atoms with Crippen LogP contribution in [0.15, 0.2) is 47.6 Å². The van der Waals surface area contributed by atoms with Crippen molar-refractivity contribution in [2.45, 2.75) is 24.3 Å². The lowest BCUT2D eigenvalue weighted by atomic mass is 10.2. The standard InChI is InChI=1S/C19H18ClFN4OS/c1-11-8-9-13(20)10-16(11)22-18(26)12(2)27-19-24-23-17(25(19)3)14-6-4-5-7-15(14)21/h4-10,12H,1-3H3,(H,22,26). The molecule has 8 heteroatoms. The molecule has 2 aromatic carbocycles. The fourth-order valence-corrected chi connectivity index (χ4v) is 3.46. The van der Waals surface area contributed by atoms with Crippen molar-refractivity contribution in [2.24, 2.45) is 7.05 Å². The van der Waals surface area contributed by atoms with Gasteiger partial charge in [0.15, 0.2) is 11.0 Å². The van der Waals surface area contributed by atoms with Crippen molar-refractivity contribution in [3.63, 3.8) is 0 Å². The molecule has 1 N–H and O–H groups in total. The summed E-state index contributed by atoms with van der Waals surface area (Å²) in [4.78, 5) is 12.5. The molecule has 1 atom stereocenters. The van der Waals surface area contributed by atoms with Crippen molar-refractivity contribution in [1.29, 1.82) is 0 Å². The summed E-state index contributed by atoms with van der Waals surface area (Å²) in [7, 11) is 1.75. The van der Waals surface area contributed by atoms with E-state index in [4.69, 9.17) is 11.6 Å². The number of anilines is 1. The Morgan fingerprint density at radius 1 is 1.26 bits per heavy atom. The van der Waals surface area contributed by atoms with Crippen molar-refractivity contribution < 1.29 is 9.18 Å². The Morgan fingerprint density at radius 3 is 2.74 bits per heavy atom. The lowest BCUT2D eigenvalue weighted by Gasteiger charge is -2.13. The number of benzene rings is 2. The van der Waals surface area contributed by atoms with Gasteiger partial charge in [0.2, 0.25) is 5.91 Å². The Labute approximate surface area is 166 Å². The zero-order chi connectivity index (χ0) is 19.6. The van der Waals surface area contributed by atoms with Gasteiger partial charge in [0.05, 0.1) is 10.8 Å². The predicted octanol–water partition coefficient (Wildman–Crippen LogP) is 4.70. The molecule has 1 aromatic heterocycles. The summed E-state index contributed by atoms with van der Waals surface area (Å²) in [5.74, 6) is -0.138. The van der Waals surface area contributed by atoms with Gasteiger partial charge in [-0.1, -0.05) is 41.6 Å². The molecule has 3 aromatic rings. The van der Waals surface area contributed by atoms with Gasteiger partial charge in [-0.3, -0.25) is 4.79 Å². The zero-order valence-electron chi connectivity index (χ0n) is 15.0. The quantitative estimate of drug-likeness (QED) is 0.626. The van der Waals surface area contributed by atoms with Crippen molar-refractivity contribution in [3.8, 4) is 11.4 Å². The summed E-state index contributed by atoms with van der Waals surface area (Å²) in [6, 6.07) is 11.7. The smallest absolute Gasteiger partial charge is 0.237 e. The van der Waals surface area contributed by atoms with E-state index < -0.39 is 5.25 Å². The number of hydrogen-bond donors (Lipinski definition) is 1. The molecule has 140 valence electrons. The fourth-order valence-electron chi connectivity index (χ4n) is 2.47. The summed E-state index contributed by atoms with van der Waals surface area (Å²) in [6.07, 6.45) is 0. The van der Waals surface area contributed by atoms with Gasteiger partial charge in [0.1, 0.15) is 5.82 Å². The van der Waals surface area contributed by atoms with Crippen LogP contribution < -0.4 is 5.32 Å². The fraction of sp³-hybridized carbons (Fsp3) is 0.211. The third kappa shape index (κ3) is 4.31. The summed E-state index contributed by atoms with van der Waals surface area (Å²) < 4.78 is 15.7. The number of aryl methyl sites for hydroxylation is 1. The molecular formula is C19H18ClFN4OS. The zero-order valence-corrected chi connectivity index (χ0v) is 16.6. The largest absolute Gasteiger partial charge is 0.325 e. The molecule has 0 aliphatic carbocycles. The third-order valence-electron chi connectivity index (χ3n) is 4.06. The summed E-state index contributed by atoms with van der Waals surface area (Å²) >= 11 is 7.25. The second-order valence-electron chi connectivity index (χ2n) is 6.05. The summed E-state index contributed by atoms with van der Waals surface area (Å²) in [5, 5.41) is 11.7. The normalized spacial score (nSPS) is 12.0. The van der Waals surface area contributed by atoms with Crippen LogP contribution in [0.4, 0.5) is 10.1 Å². The van der Waals surface area contributed by atoms with E-state index in [1.807, 2.05) is 13.0 Å². The van der Waals surface area contributed by atoms with Gasteiger partial charge in [-0.25, -0.2) is 4.39 Å². The molecule has 0 fully saturated rings. The Balaban J connectivity index is 1.75. The Bertz CT molecular complexity index is 992. The highest BCUT2D eigenvalue weighted by Gasteiger charge is 2.21. The molecule has 0 radical (unpaired) electrons. The second-order valence-corrected chi connectivity index (χ2v) is 7.80. The number of rotatable bonds is 5. The first-order chi connectivity index (χ1) is 12.9. The maximum Gasteiger partial charge on any atom is 0.237 e. The van der Waals surface area contributed by atoms with Crippen LogP contribution in [-0.4, -0.2) is 25.9 Å². The lowest BCUT2D eigenvalue weighted by Crippen LogP contribution is -2.23. The number of nitrogens with zero attached hydrogens (tertiary/aromatic N) is 3. The van der Waals surface area contributed by atoms with Gasteiger partial charge in [-0.2, -0.15) is 0 Å². The van der Waals surface area contributed by atoms with E-state index in [2.05, 4.69) is 15.5 Å². The van der Waals surface area contributed by atoms with Crippen LogP contribution in [0.1, 0.15) is 12.5 Å². The van der Waals surface area contributed by atoms with Gasteiger partial charge in [0.25, 0.3) is 0 Å². The molecular weight excluding hydrogens is 387 g/mol. The molecule has 3 rings (SSSR count). The minimum absolute atomic E-state index is 0.180. The van der Waals surface area contributed by atoms with Gasteiger partial charge >= 0.3 is 0 Å². The monoisotopic (exact) mass is 404 g/mol. The first kappa shape index (κ1) is 19.4. The van der Waals surface area contributed by atoms with E-state index in [-0.39, 0.29) is 11.7 Å². The molecule has 0 bridgehead atoms. The lowest BCUT2D eigenvalue weighted by molar-refractivity contribution is -0.115. The number of hydrogen-bond acceptors (Lipinski definition) is 4. The first-order valence-electron chi connectivity index (χ1n) is 8.24. The number of carbonyl (C=O) groups excluding carboxylic acids is 1. The molecule has 0 spiro atoms. The summed E-state index contributed by atoms with van der Waals surface area (Å²) in [6.45, 7) is 3.67. The molecule has 0 aliphatic heterocycles. The van der Waals surface area contributed by atoms with Crippen molar-refractivity contribution in [3.05, 3.63) is 58.9 Å². The highest BCUT2D eigenvalue weighted by molar-refractivity contribution is 8.00. The van der Waals surface area contributed by atoms with Gasteiger partial charge < -0.3 is 9.88 Å². The minimum Gasteiger partial charge on any atom is -0.325 e. The van der Waals surface area contributed by atoms with E-state index in [0.29, 0.717) is 27.3 Å². The number of thioether (sulfide) groups is 1. The van der Waals surface area contributed by atoms with Gasteiger partial charge in [-0.15, -0.1) is 10.2 Å². The number of halogens is 2. The number of nitrogens with one attached hydrogen (secondary N) is 1.